The molecule has 0 aliphatic carbocycles. The molecule has 4 aromatic rings. The van der Waals surface area contributed by atoms with Crippen LogP contribution in [0.25, 0.3) is 10.8 Å². The molecular formula is C29H31Cl2N3O. The minimum atomic E-state index is 0. The summed E-state index contributed by atoms with van der Waals surface area (Å²) in [5.74, 6) is 0. The third-order valence-electron chi connectivity index (χ3n) is 7.08. The molecule has 1 N–H and O–H groups in total. The summed E-state index contributed by atoms with van der Waals surface area (Å²) in [5.41, 5.74) is 3.37. The van der Waals surface area contributed by atoms with Gasteiger partial charge in [0.1, 0.15) is 0 Å². The molecule has 2 atom stereocenters. The first-order valence-corrected chi connectivity index (χ1v) is 12.7. The van der Waals surface area contributed by atoms with Crippen molar-refractivity contribution in [2.45, 2.75) is 38.1 Å². The van der Waals surface area contributed by atoms with Crippen LogP contribution in [0.2, 0.25) is 5.02 Å². The Balaban J connectivity index is 0.00000289. The fraction of sp³-hybridized carbons (Fsp3) is 0.310. The van der Waals surface area contributed by atoms with Crippen LogP contribution >= 0.6 is 11.6 Å². The standard InChI is InChI=1S/C29H30ClN3O.ClH/c30-27-15-7-4-11-23(27)21-28-25-13-5-6-14-26(25)29(34)33(31-28)24-12-8-18-32(20-17-24)19-16-22-9-2-1-3-10-22;/h1-7,9-11,13-15,24H,8,12,16-21H2;1H. The highest BCUT2D eigenvalue weighted by Gasteiger charge is 2.24. The van der Waals surface area contributed by atoms with Crippen LogP contribution in [0.5, 0.6) is 0 Å². The van der Waals surface area contributed by atoms with Crippen LogP contribution in [-0.2, 0) is 12.8 Å². The number of quaternary nitrogens is 1. The summed E-state index contributed by atoms with van der Waals surface area (Å²) in [6, 6.07) is 26.6. The topological polar surface area (TPSA) is 39.3 Å². The molecule has 0 radical (unpaired) electrons. The van der Waals surface area contributed by atoms with E-state index in [9.17, 15) is 4.79 Å². The number of likely N-dealkylation sites (tertiary alicyclic amines) is 1. The molecular weight excluding hydrogens is 477 g/mol. The molecule has 3 aromatic carbocycles. The van der Waals surface area contributed by atoms with Gasteiger partial charge in [0.25, 0.3) is 5.56 Å². The molecule has 0 spiro atoms. The average Bonchev–Trinajstić information content (AvgIpc) is 3.12. The Kier molecular flexibility index (Phi) is 8.61. The van der Waals surface area contributed by atoms with Crippen LogP contribution in [0.1, 0.15) is 42.1 Å². The second-order valence-electron chi connectivity index (χ2n) is 9.33. The van der Waals surface area contributed by atoms with E-state index in [1.807, 2.05) is 48.5 Å². The van der Waals surface area contributed by atoms with Gasteiger partial charge in [-0.15, -0.1) is 0 Å². The second kappa shape index (κ2) is 11.9. The number of rotatable bonds is 6. The number of hydrogen-bond acceptors (Lipinski definition) is 2. The summed E-state index contributed by atoms with van der Waals surface area (Å²) in [7, 11) is 0. The fourth-order valence-electron chi connectivity index (χ4n) is 5.16. The smallest absolute Gasteiger partial charge is 0.274 e. The van der Waals surface area contributed by atoms with Crippen molar-refractivity contribution >= 4 is 22.4 Å². The van der Waals surface area contributed by atoms with Gasteiger partial charge in [-0.05, 0) is 36.1 Å². The van der Waals surface area contributed by atoms with Gasteiger partial charge in [-0.3, -0.25) is 4.79 Å². The summed E-state index contributed by atoms with van der Waals surface area (Å²) < 4.78 is 1.79. The van der Waals surface area contributed by atoms with Gasteiger partial charge in [0, 0.05) is 29.7 Å². The maximum Gasteiger partial charge on any atom is 0.274 e. The zero-order chi connectivity index (χ0) is 23.3. The first-order chi connectivity index (χ1) is 16.7. The summed E-state index contributed by atoms with van der Waals surface area (Å²) in [6.45, 7) is 3.35. The zero-order valence-electron chi connectivity index (χ0n) is 19.8. The molecule has 5 rings (SSSR count). The Labute approximate surface area is 218 Å². The first-order valence-electron chi connectivity index (χ1n) is 12.3. The summed E-state index contributed by atoms with van der Waals surface area (Å²) >= 11 is 6.46. The van der Waals surface area contributed by atoms with Crippen LogP contribution in [0.4, 0.5) is 0 Å². The van der Waals surface area contributed by atoms with E-state index in [-0.39, 0.29) is 24.0 Å². The Morgan fingerprint density at radius 3 is 2.40 bits per heavy atom. The van der Waals surface area contributed by atoms with Crippen molar-refractivity contribution in [3.63, 3.8) is 0 Å². The van der Waals surface area contributed by atoms with Crippen LogP contribution < -0.4 is 22.9 Å². The molecule has 1 fully saturated rings. The zero-order valence-corrected chi connectivity index (χ0v) is 21.3. The van der Waals surface area contributed by atoms with Crippen LogP contribution in [0.3, 0.4) is 0 Å². The van der Waals surface area contributed by atoms with Gasteiger partial charge in [-0.25, -0.2) is 4.68 Å². The lowest BCUT2D eigenvalue weighted by Gasteiger charge is -2.19. The van der Waals surface area contributed by atoms with E-state index in [4.69, 9.17) is 16.7 Å². The van der Waals surface area contributed by atoms with Gasteiger partial charge in [-0.2, -0.15) is 5.10 Å². The minimum absolute atomic E-state index is 0. The molecule has 1 aliphatic rings. The number of fused-ring (bicyclic) bond motifs is 1. The van der Waals surface area contributed by atoms with Crippen molar-refractivity contribution in [3.05, 3.63) is 111 Å². The van der Waals surface area contributed by atoms with E-state index in [0.29, 0.717) is 6.42 Å². The van der Waals surface area contributed by atoms with Crippen molar-refractivity contribution in [3.8, 4) is 0 Å². The summed E-state index contributed by atoms with van der Waals surface area (Å²) in [6.07, 6.45) is 4.78. The Morgan fingerprint density at radius 1 is 0.886 bits per heavy atom. The highest BCUT2D eigenvalue weighted by molar-refractivity contribution is 6.31. The van der Waals surface area contributed by atoms with Crippen molar-refractivity contribution < 1.29 is 17.3 Å². The van der Waals surface area contributed by atoms with Crippen molar-refractivity contribution in [1.29, 1.82) is 0 Å². The Morgan fingerprint density at radius 2 is 1.60 bits per heavy atom. The molecule has 2 unspecified atom stereocenters. The van der Waals surface area contributed by atoms with Gasteiger partial charge < -0.3 is 17.3 Å². The van der Waals surface area contributed by atoms with Crippen molar-refractivity contribution in [1.82, 2.24) is 9.78 Å². The first kappa shape index (κ1) is 25.4. The van der Waals surface area contributed by atoms with E-state index in [0.717, 1.165) is 72.4 Å². The molecule has 182 valence electrons. The van der Waals surface area contributed by atoms with Gasteiger partial charge >= 0.3 is 0 Å². The van der Waals surface area contributed by atoms with Gasteiger partial charge in [0.15, 0.2) is 0 Å². The van der Waals surface area contributed by atoms with Crippen molar-refractivity contribution in [2.24, 2.45) is 0 Å². The lowest BCUT2D eigenvalue weighted by molar-refractivity contribution is -0.899. The van der Waals surface area contributed by atoms with E-state index in [2.05, 4.69) is 30.3 Å². The van der Waals surface area contributed by atoms with Gasteiger partial charge in [0.2, 0.25) is 0 Å². The summed E-state index contributed by atoms with van der Waals surface area (Å²) in [5, 5.41) is 7.36. The van der Waals surface area contributed by atoms with Gasteiger partial charge in [0.05, 0.1) is 36.8 Å². The Hall–Kier alpha value is -2.66. The van der Waals surface area contributed by atoms with Crippen LogP contribution in [-0.4, -0.2) is 29.4 Å². The van der Waals surface area contributed by atoms with E-state index in [1.165, 1.54) is 5.56 Å². The number of halogens is 2. The van der Waals surface area contributed by atoms with E-state index >= 15 is 0 Å². The highest BCUT2D eigenvalue weighted by atomic mass is 35.5. The molecule has 0 bridgehead atoms. The number of nitrogens with zero attached hydrogens (tertiary/aromatic N) is 2. The van der Waals surface area contributed by atoms with E-state index in [1.54, 1.807) is 9.58 Å². The molecule has 0 amide bonds. The second-order valence-corrected chi connectivity index (χ2v) is 9.74. The van der Waals surface area contributed by atoms with Crippen LogP contribution in [0, 0.1) is 0 Å². The molecule has 4 nitrogen and oxygen atoms in total. The van der Waals surface area contributed by atoms with Gasteiger partial charge in [-0.1, -0.05) is 78.3 Å². The molecule has 1 saturated heterocycles. The largest absolute Gasteiger partial charge is 1.00 e. The maximum absolute atomic E-state index is 13.5. The number of nitrogens with one attached hydrogen (secondary N) is 1. The predicted octanol–water partition coefficient (Wildman–Crippen LogP) is 1.50. The molecule has 0 saturated carbocycles. The predicted molar refractivity (Wildman–Crippen MR) is 139 cm³/mol. The fourth-order valence-corrected chi connectivity index (χ4v) is 5.36. The molecule has 35 heavy (non-hydrogen) atoms. The minimum Gasteiger partial charge on any atom is -1.00 e. The third kappa shape index (κ3) is 5.95. The Bertz CT molecular complexity index is 1320. The SMILES string of the molecule is O=c1c2ccccc2c(Cc2ccccc2Cl)nn1C1CCC[NH+](CCc2ccccc2)CC1.[Cl-]. The monoisotopic (exact) mass is 507 g/mol. The quantitative estimate of drug-likeness (QED) is 0.429. The molecule has 6 heteroatoms. The normalized spacial score (nSPS) is 18.1. The molecule has 2 heterocycles. The van der Waals surface area contributed by atoms with E-state index < -0.39 is 0 Å². The number of aromatic nitrogens is 2. The molecule has 1 aromatic heterocycles. The number of hydrogen-bond donors (Lipinski definition) is 1. The lowest BCUT2D eigenvalue weighted by Crippen LogP contribution is -3.12. The summed E-state index contributed by atoms with van der Waals surface area (Å²) in [4.78, 5) is 15.1. The molecule has 1 aliphatic heterocycles. The number of benzene rings is 3. The maximum atomic E-state index is 13.5. The average molecular weight is 508 g/mol. The van der Waals surface area contributed by atoms with Crippen LogP contribution in [0.15, 0.2) is 83.7 Å². The highest BCUT2D eigenvalue weighted by Crippen LogP contribution is 2.24. The van der Waals surface area contributed by atoms with Crippen molar-refractivity contribution in [2.75, 3.05) is 19.6 Å². The lowest BCUT2D eigenvalue weighted by atomic mass is 10.0. The third-order valence-corrected chi connectivity index (χ3v) is 7.44.